The van der Waals surface area contributed by atoms with Crippen LogP contribution in [0.15, 0.2) is 40.4 Å². The molecule has 2 heterocycles. The lowest BCUT2D eigenvalue weighted by Gasteiger charge is -2.32. The molecule has 1 saturated heterocycles. The number of hydrogen-bond acceptors (Lipinski definition) is 8. The zero-order valence-electron chi connectivity index (χ0n) is 19.0. The quantitative estimate of drug-likeness (QED) is 0.622. The number of benzene rings is 1. The molecule has 1 aliphatic carbocycles. The van der Waals surface area contributed by atoms with Gasteiger partial charge in [-0.2, -0.15) is 5.26 Å². The van der Waals surface area contributed by atoms with E-state index in [1.165, 1.54) is 0 Å². The molecule has 4 rings (SSSR count). The Hall–Kier alpha value is -3.44. The molecule has 1 aromatic carbocycles. The molecule has 1 aromatic heterocycles. The Bertz CT molecular complexity index is 1030. The Labute approximate surface area is 195 Å². The molecule has 0 atom stereocenters. The number of aliphatic imine (C=N–C) groups is 2. The van der Waals surface area contributed by atoms with Gasteiger partial charge in [0.1, 0.15) is 23.3 Å². The second-order valence-corrected chi connectivity index (χ2v) is 8.20. The molecule has 8 heteroatoms. The highest BCUT2D eigenvalue weighted by atomic mass is 16.5. The summed E-state index contributed by atoms with van der Waals surface area (Å²) in [5.74, 6) is 1.38. The summed E-state index contributed by atoms with van der Waals surface area (Å²) in [5.41, 5.74) is 3.08. The first-order chi connectivity index (χ1) is 16.2. The fourth-order valence-electron chi connectivity index (χ4n) is 4.38. The summed E-state index contributed by atoms with van der Waals surface area (Å²) in [7, 11) is 0. The Morgan fingerprint density at radius 3 is 2.76 bits per heavy atom. The molecule has 172 valence electrons. The highest BCUT2D eigenvalue weighted by Gasteiger charge is 2.25. The Morgan fingerprint density at radius 1 is 1.27 bits per heavy atom. The van der Waals surface area contributed by atoms with Gasteiger partial charge in [-0.3, -0.25) is 9.98 Å². The first kappa shape index (κ1) is 22.7. The van der Waals surface area contributed by atoms with Gasteiger partial charge in [-0.25, -0.2) is 4.98 Å². The van der Waals surface area contributed by atoms with E-state index in [0.717, 1.165) is 55.9 Å². The van der Waals surface area contributed by atoms with Crippen LogP contribution in [-0.4, -0.2) is 56.4 Å². The number of anilines is 2. The molecular formula is C25H30N6O2. The summed E-state index contributed by atoms with van der Waals surface area (Å²) in [4.78, 5) is 15.4. The van der Waals surface area contributed by atoms with E-state index in [2.05, 4.69) is 44.0 Å². The largest absolute Gasteiger partial charge is 0.488 e. The van der Waals surface area contributed by atoms with Gasteiger partial charge < -0.3 is 19.7 Å². The van der Waals surface area contributed by atoms with Crippen molar-refractivity contribution < 1.29 is 9.47 Å². The lowest BCUT2D eigenvalue weighted by Crippen LogP contribution is -2.36. The molecule has 8 nitrogen and oxygen atoms in total. The van der Waals surface area contributed by atoms with E-state index in [1.807, 2.05) is 13.0 Å². The fourth-order valence-corrected chi connectivity index (χ4v) is 4.38. The van der Waals surface area contributed by atoms with Crippen molar-refractivity contribution in [3.63, 3.8) is 0 Å². The van der Waals surface area contributed by atoms with Crippen molar-refractivity contribution in [3.05, 3.63) is 36.0 Å². The zero-order chi connectivity index (χ0) is 23.0. The SMILES string of the molecule is C=Nc1c(/N=C\C)cc(N2CCOCC2)cc1O[C@H]1CC[C@@H](Nc2ncccc2C#N)CC1. The zero-order valence-corrected chi connectivity index (χ0v) is 19.0. The Balaban J connectivity index is 1.46. The van der Waals surface area contributed by atoms with E-state index >= 15 is 0 Å². The molecule has 2 aromatic rings. The van der Waals surface area contributed by atoms with E-state index in [9.17, 15) is 5.26 Å². The monoisotopic (exact) mass is 446 g/mol. The number of pyridine rings is 1. The average molecular weight is 447 g/mol. The van der Waals surface area contributed by atoms with Gasteiger partial charge in [-0.15, -0.1) is 0 Å². The molecule has 33 heavy (non-hydrogen) atoms. The van der Waals surface area contributed by atoms with Crippen LogP contribution in [0.2, 0.25) is 0 Å². The molecular weight excluding hydrogens is 416 g/mol. The van der Waals surface area contributed by atoms with Gasteiger partial charge >= 0.3 is 0 Å². The number of hydrogen-bond donors (Lipinski definition) is 1. The first-order valence-electron chi connectivity index (χ1n) is 11.5. The second-order valence-electron chi connectivity index (χ2n) is 8.20. The van der Waals surface area contributed by atoms with E-state index in [4.69, 9.17) is 9.47 Å². The summed E-state index contributed by atoms with van der Waals surface area (Å²) in [6.07, 6.45) is 7.23. The molecule has 1 N–H and O–H groups in total. The summed E-state index contributed by atoms with van der Waals surface area (Å²) in [6, 6.07) is 10.1. The highest BCUT2D eigenvalue weighted by molar-refractivity contribution is 5.80. The number of rotatable bonds is 7. The van der Waals surface area contributed by atoms with Crippen LogP contribution in [0.5, 0.6) is 5.75 Å². The van der Waals surface area contributed by atoms with E-state index in [-0.39, 0.29) is 12.1 Å². The van der Waals surface area contributed by atoms with Crippen molar-refractivity contribution in [3.8, 4) is 11.8 Å². The predicted octanol–water partition coefficient (Wildman–Crippen LogP) is 4.65. The molecule has 2 fully saturated rings. The van der Waals surface area contributed by atoms with Crippen LogP contribution in [0.4, 0.5) is 22.9 Å². The molecule has 0 bridgehead atoms. The minimum atomic E-state index is 0.0844. The minimum absolute atomic E-state index is 0.0844. The van der Waals surface area contributed by atoms with Gasteiger partial charge in [0.25, 0.3) is 0 Å². The van der Waals surface area contributed by atoms with Crippen molar-refractivity contribution in [2.24, 2.45) is 9.98 Å². The molecule has 1 saturated carbocycles. The van der Waals surface area contributed by atoms with Crippen molar-refractivity contribution in [2.75, 3.05) is 36.5 Å². The van der Waals surface area contributed by atoms with Gasteiger partial charge in [0.2, 0.25) is 0 Å². The number of nitrogens with one attached hydrogen (secondary N) is 1. The maximum absolute atomic E-state index is 9.30. The van der Waals surface area contributed by atoms with Crippen LogP contribution in [0.1, 0.15) is 38.2 Å². The van der Waals surface area contributed by atoms with E-state index < -0.39 is 0 Å². The maximum Gasteiger partial charge on any atom is 0.149 e. The fraction of sp³-hybridized carbons (Fsp3) is 0.440. The van der Waals surface area contributed by atoms with E-state index in [0.29, 0.717) is 30.3 Å². The summed E-state index contributed by atoms with van der Waals surface area (Å²) < 4.78 is 12.0. The van der Waals surface area contributed by atoms with Crippen LogP contribution in [0.3, 0.4) is 0 Å². The van der Waals surface area contributed by atoms with Gasteiger partial charge in [-0.05, 0) is 57.5 Å². The second kappa shape index (κ2) is 10.9. The van der Waals surface area contributed by atoms with Gasteiger partial charge in [0.05, 0.1) is 30.6 Å². The van der Waals surface area contributed by atoms with Crippen LogP contribution in [0, 0.1) is 11.3 Å². The highest BCUT2D eigenvalue weighted by Crippen LogP contribution is 2.43. The molecule has 0 spiro atoms. The van der Waals surface area contributed by atoms with E-state index in [1.54, 1.807) is 24.5 Å². The van der Waals surface area contributed by atoms with Crippen molar-refractivity contribution in [1.82, 2.24) is 4.98 Å². The molecule has 0 amide bonds. The van der Waals surface area contributed by atoms with Crippen molar-refractivity contribution in [1.29, 1.82) is 5.26 Å². The molecule has 1 aliphatic heterocycles. The Morgan fingerprint density at radius 2 is 2.06 bits per heavy atom. The summed E-state index contributed by atoms with van der Waals surface area (Å²) in [5, 5.41) is 12.7. The topological polar surface area (TPSA) is 95.1 Å². The van der Waals surface area contributed by atoms with Crippen LogP contribution < -0.4 is 15.0 Å². The summed E-state index contributed by atoms with van der Waals surface area (Å²) >= 11 is 0. The number of aromatic nitrogens is 1. The number of nitriles is 1. The van der Waals surface area contributed by atoms with Crippen molar-refractivity contribution >= 4 is 35.8 Å². The number of ether oxygens (including phenoxy) is 2. The van der Waals surface area contributed by atoms with Crippen molar-refractivity contribution in [2.45, 2.75) is 44.8 Å². The lowest BCUT2D eigenvalue weighted by molar-refractivity contribution is 0.122. The Kier molecular flexibility index (Phi) is 7.53. The minimum Gasteiger partial charge on any atom is -0.488 e. The molecule has 0 unspecified atom stereocenters. The van der Waals surface area contributed by atoms with Crippen LogP contribution in [-0.2, 0) is 4.74 Å². The standard InChI is InChI=1S/C25H30N6O2/c1-3-28-22-15-20(31-11-13-32-14-12-31)16-23(24(22)27-2)33-21-8-6-19(7-9-21)30-25-18(17-26)5-4-10-29-25/h3-5,10,15-16,19,21H,2,6-9,11-14H2,1H3,(H,29,30)/b28-3-/t19-,21+. The summed E-state index contributed by atoms with van der Waals surface area (Å²) in [6.45, 7) is 8.76. The van der Waals surface area contributed by atoms with Gasteiger partial charge in [0, 0.05) is 43.3 Å². The smallest absolute Gasteiger partial charge is 0.149 e. The number of morpholine rings is 1. The van der Waals surface area contributed by atoms with Crippen LogP contribution >= 0.6 is 0 Å². The number of nitrogens with zero attached hydrogens (tertiary/aromatic N) is 5. The van der Waals surface area contributed by atoms with Gasteiger partial charge in [-0.1, -0.05) is 0 Å². The third kappa shape index (κ3) is 5.49. The third-order valence-electron chi connectivity index (χ3n) is 6.08. The normalized spacial score (nSPS) is 20.9. The first-order valence-corrected chi connectivity index (χ1v) is 11.5. The maximum atomic E-state index is 9.30. The molecule has 0 radical (unpaired) electrons. The average Bonchev–Trinajstić information content (AvgIpc) is 2.86. The third-order valence-corrected chi connectivity index (χ3v) is 6.08. The van der Waals surface area contributed by atoms with Crippen LogP contribution in [0.25, 0.3) is 0 Å². The van der Waals surface area contributed by atoms with Gasteiger partial charge in [0.15, 0.2) is 0 Å². The predicted molar refractivity (Wildman–Crippen MR) is 132 cm³/mol. The lowest BCUT2D eigenvalue weighted by atomic mass is 9.92. The molecule has 2 aliphatic rings.